The van der Waals surface area contributed by atoms with Crippen molar-refractivity contribution in [3.05, 3.63) is 59.7 Å². The Kier molecular flexibility index (Phi) is 7.01. The Hall–Kier alpha value is -2.85. The van der Waals surface area contributed by atoms with Gasteiger partial charge in [-0.05, 0) is 50.5 Å². The molecule has 1 aliphatic rings. The Bertz CT molecular complexity index is 1070. The first kappa shape index (κ1) is 22.8. The number of sulfonamides is 1. The van der Waals surface area contributed by atoms with Gasteiger partial charge in [-0.2, -0.15) is 4.31 Å². The number of hydrogen-bond donors (Lipinski definition) is 1. The van der Waals surface area contributed by atoms with Crippen molar-refractivity contribution in [3.63, 3.8) is 0 Å². The number of nitrogens with zero attached hydrogens (tertiary/aromatic N) is 1. The number of aryl methyl sites for hydroxylation is 1. The number of nitrogens with one attached hydrogen (secondary N) is 1. The van der Waals surface area contributed by atoms with E-state index in [1.807, 2.05) is 6.92 Å². The van der Waals surface area contributed by atoms with Gasteiger partial charge in [0.15, 0.2) is 18.2 Å². The standard InChI is InChI=1S/C21H22F2N2O5S/c1-14-5-8-16(9-6-14)31(28,29)25-11-3-2-4-19(25)21(27)30-13-20(26)24-15-7-10-17(22)18(23)12-15/h5-10,12,19H,2-4,11,13H2,1H3,(H,24,26). The second-order valence-electron chi connectivity index (χ2n) is 7.23. The SMILES string of the molecule is Cc1ccc(S(=O)(=O)N2CCCCC2C(=O)OCC(=O)Nc2ccc(F)c(F)c2)cc1. The molecule has 1 unspecified atom stereocenters. The molecule has 3 rings (SSSR count). The highest BCUT2D eigenvalue weighted by molar-refractivity contribution is 7.89. The Labute approximate surface area is 179 Å². The van der Waals surface area contributed by atoms with Crippen LogP contribution in [0.15, 0.2) is 47.4 Å². The number of amides is 1. The third-order valence-electron chi connectivity index (χ3n) is 4.90. The number of anilines is 1. The molecule has 0 bridgehead atoms. The predicted molar refractivity (Wildman–Crippen MR) is 109 cm³/mol. The average Bonchev–Trinajstić information content (AvgIpc) is 2.75. The molecular formula is C21H22F2N2O5S. The Balaban J connectivity index is 1.65. The molecule has 7 nitrogen and oxygen atoms in total. The molecule has 1 amide bonds. The van der Waals surface area contributed by atoms with E-state index in [2.05, 4.69) is 5.32 Å². The first-order valence-electron chi connectivity index (χ1n) is 9.68. The monoisotopic (exact) mass is 452 g/mol. The summed E-state index contributed by atoms with van der Waals surface area (Å²) in [5.41, 5.74) is 0.904. The number of ether oxygens (including phenoxy) is 1. The largest absolute Gasteiger partial charge is 0.454 e. The Morgan fingerprint density at radius 3 is 2.48 bits per heavy atom. The molecule has 31 heavy (non-hydrogen) atoms. The van der Waals surface area contributed by atoms with Crippen molar-refractivity contribution in [3.8, 4) is 0 Å². The summed E-state index contributed by atoms with van der Waals surface area (Å²) >= 11 is 0. The summed E-state index contributed by atoms with van der Waals surface area (Å²) in [7, 11) is -3.91. The van der Waals surface area contributed by atoms with Crippen molar-refractivity contribution >= 4 is 27.6 Å². The van der Waals surface area contributed by atoms with Crippen LogP contribution in [-0.4, -0.2) is 43.8 Å². The van der Waals surface area contributed by atoms with Crippen LogP contribution in [0.25, 0.3) is 0 Å². The molecular weight excluding hydrogens is 430 g/mol. The summed E-state index contributed by atoms with van der Waals surface area (Å²) in [5, 5.41) is 2.29. The van der Waals surface area contributed by atoms with Crippen LogP contribution in [-0.2, 0) is 24.3 Å². The van der Waals surface area contributed by atoms with E-state index in [1.165, 1.54) is 12.1 Å². The van der Waals surface area contributed by atoms with Gasteiger partial charge in [-0.1, -0.05) is 17.7 Å². The van der Waals surface area contributed by atoms with E-state index in [0.29, 0.717) is 12.8 Å². The molecule has 0 aromatic heterocycles. The van der Waals surface area contributed by atoms with Gasteiger partial charge in [0.2, 0.25) is 10.0 Å². The molecule has 1 N–H and O–H groups in total. The normalized spacial score (nSPS) is 17.2. The molecule has 0 spiro atoms. The lowest BCUT2D eigenvalue weighted by Gasteiger charge is -2.33. The highest BCUT2D eigenvalue weighted by Gasteiger charge is 2.38. The molecule has 1 aliphatic heterocycles. The maximum atomic E-state index is 13.2. The number of benzene rings is 2. The zero-order valence-corrected chi connectivity index (χ0v) is 17.6. The van der Waals surface area contributed by atoms with Gasteiger partial charge in [0, 0.05) is 18.3 Å². The fraction of sp³-hybridized carbons (Fsp3) is 0.333. The lowest BCUT2D eigenvalue weighted by atomic mass is 10.1. The molecule has 166 valence electrons. The summed E-state index contributed by atoms with van der Waals surface area (Å²) in [6.07, 6.45) is 1.51. The molecule has 10 heteroatoms. The highest BCUT2D eigenvalue weighted by atomic mass is 32.2. The maximum absolute atomic E-state index is 13.2. The molecule has 1 atom stereocenters. The third kappa shape index (κ3) is 5.45. The van der Waals surface area contributed by atoms with Crippen molar-refractivity contribution < 1.29 is 31.5 Å². The lowest BCUT2D eigenvalue weighted by Crippen LogP contribution is -2.48. The quantitative estimate of drug-likeness (QED) is 0.681. The van der Waals surface area contributed by atoms with Crippen molar-refractivity contribution in [1.82, 2.24) is 4.31 Å². The van der Waals surface area contributed by atoms with Crippen LogP contribution in [0.1, 0.15) is 24.8 Å². The van der Waals surface area contributed by atoms with E-state index in [1.54, 1.807) is 12.1 Å². The fourth-order valence-corrected chi connectivity index (χ4v) is 4.92. The molecule has 2 aromatic carbocycles. The number of piperidine rings is 1. The van der Waals surface area contributed by atoms with Crippen LogP contribution < -0.4 is 5.32 Å². The van der Waals surface area contributed by atoms with Gasteiger partial charge in [-0.25, -0.2) is 17.2 Å². The van der Waals surface area contributed by atoms with Gasteiger partial charge >= 0.3 is 5.97 Å². The van der Waals surface area contributed by atoms with E-state index >= 15 is 0 Å². The van der Waals surface area contributed by atoms with Gasteiger partial charge < -0.3 is 10.1 Å². The number of rotatable bonds is 6. The summed E-state index contributed by atoms with van der Waals surface area (Å²) in [4.78, 5) is 24.6. The van der Waals surface area contributed by atoms with E-state index in [9.17, 15) is 26.8 Å². The molecule has 0 saturated carbocycles. The summed E-state index contributed by atoms with van der Waals surface area (Å²) in [6.45, 7) is 1.31. The van der Waals surface area contributed by atoms with Crippen LogP contribution in [0.3, 0.4) is 0 Å². The third-order valence-corrected chi connectivity index (χ3v) is 6.82. The van der Waals surface area contributed by atoms with Crippen LogP contribution in [0.2, 0.25) is 0 Å². The van der Waals surface area contributed by atoms with Crippen molar-refractivity contribution in [2.24, 2.45) is 0 Å². The second kappa shape index (κ2) is 9.52. The zero-order chi connectivity index (χ0) is 22.6. The van der Waals surface area contributed by atoms with E-state index in [4.69, 9.17) is 4.74 Å². The first-order chi connectivity index (χ1) is 14.7. The average molecular weight is 452 g/mol. The maximum Gasteiger partial charge on any atom is 0.324 e. The first-order valence-corrected chi connectivity index (χ1v) is 11.1. The molecule has 0 aliphatic carbocycles. The van der Waals surface area contributed by atoms with Crippen LogP contribution >= 0.6 is 0 Å². The summed E-state index contributed by atoms with van der Waals surface area (Å²) in [6, 6.07) is 8.08. The molecule has 1 heterocycles. The molecule has 1 saturated heterocycles. The summed E-state index contributed by atoms with van der Waals surface area (Å²) < 4.78 is 58.4. The van der Waals surface area contributed by atoms with Gasteiger partial charge in [0.1, 0.15) is 6.04 Å². The van der Waals surface area contributed by atoms with Crippen molar-refractivity contribution in [2.75, 3.05) is 18.5 Å². The minimum absolute atomic E-state index is 0.00110. The number of esters is 1. The van der Waals surface area contributed by atoms with Crippen LogP contribution in [0, 0.1) is 18.6 Å². The van der Waals surface area contributed by atoms with Gasteiger partial charge in [0.05, 0.1) is 4.90 Å². The van der Waals surface area contributed by atoms with E-state index < -0.39 is 46.2 Å². The van der Waals surface area contributed by atoms with E-state index in [-0.39, 0.29) is 23.5 Å². The number of carbonyl (C=O) groups is 2. The molecule has 1 fully saturated rings. The highest BCUT2D eigenvalue weighted by Crippen LogP contribution is 2.26. The number of carbonyl (C=O) groups excluding carboxylic acids is 2. The smallest absolute Gasteiger partial charge is 0.324 e. The second-order valence-corrected chi connectivity index (χ2v) is 9.12. The molecule has 2 aromatic rings. The topological polar surface area (TPSA) is 92.8 Å². The van der Waals surface area contributed by atoms with Crippen LogP contribution in [0.4, 0.5) is 14.5 Å². The number of hydrogen-bond acceptors (Lipinski definition) is 5. The van der Waals surface area contributed by atoms with Crippen molar-refractivity contribution in [1.29, 1.82) is 0 Å². The Morgan fingerprint density at radius 1 is 1.10 bits per heavy atom. The number of halogens is 2. The van der Waals surface area contributed by atoms with E-state index in [0.717, 1.165) is 28.1 Å². The van der Waals surface area contributed by atoms with Gasteiger partial charge in [0.25, 0.3) is 5.91 Å². The predicted octanol–water partition coefficient (Wildman–Crippen LogP) is 3.00. The summed E-state index contributed by atoms with van der Waals surface area (Å²) in [5.74, 6) is -3.79. The minimum atomic E-state index is -3.91. The van der Waals surface area contributed by atoms with Gasteiger partial charge in [-0.15, -0.1) is 0 Å². The molecule has 0 radical (unpaired) electrons. The van der Waals surface area contributed by atoms with Gasteiger partial charge in [-0.3, -0.25) is 9.59 Å². The minimum Gasteiger partial charge on any atom is -0.454 e. The Morgan fingerprint density at radius 2 is 1.81 bits per heavy atom. The van der Waals surface area contributed by atoms with Crippen molar-refractivity contribution in [2.45, 2.75) is 37.1 Å². The lowest BCUT2D eigenvalue weighted by molar-refractivity contribution is -0.152. The van der Waals surface area contributed by atoms with Crippen LogP contribution in [0.5, 0.6) is 0 Å². The fourth-order valence-electron chi connectivity index (χ4n) is 3.28. The zero-order valence-electron chi connectivity index (χ0n) is 16.8.